The van der Waals surface area contributed by atoms with Gasteiger partial charge in [0.1, 0.15) is 0 Å². The van der Waals surface area contributed by atoms with Gasteiger partial charge in [-0.05, 0) is 23.8 Å². The van der Waals surface area contributed by atoms with Crippen LogP contribution in [-0.4, -0.2) is 55.2 Å². The average molecular weight is 259 g/mol. The van der Waals surface area contributed by atoms with Gasteiger partial charge < -0.3 is 15.4 Å². The van der Waals surface area contributed by atoms with Gasteiger partial charge in [0.2, 0.25) is 0 Å². The Morgan fingerprint density at radius 3 is 2.76 bits per heavy atom. The van der Waals surface area contributed by atoms with Crippen molar-refractivity contribution in [1.82, 2.24) is 4.90 Å². The van der Waals surface area contributed by atoms with Crippen molar-refractivity contribution >= 4 is 17.7 Å². The second-order valence-corrected chi connectivity index (χ2v) is 5.81. The van der Waals surface area contributed by atoms with Crippen molar-refractivity contribution in [3.05, 3.63) is 0 Å². The zero-order chi connectivity index (χ0) is 12.5. The lowest BCUT2D eigenvalue weighted by Gasteiger charge is -2.27. The number of nitrogens with zero attached hydrogens (tertiary/aromatic N) is 2. The van der Waals surface area contributed by atoms with E-state index in [-0.39, 0.29) is 0 Å². The first-order chi connectivity index (χ1) is 8.20. The SMILES string of the molecule is CC(C)CSCCCN=C(N)N1CCOCC1. The Balaban J connectivity index is 2.06. The van der Waals surface area contributed by atoms with E-state index in [1.54, 1.807) is 0 Å². The van der Waals surface area contributed by atoms with E-state index < -0.39 is 0 Å². The predicted octanol–water partition coefficient (Wildman–Crippen LogP) is 1.41. The van der Waals surface area contributed by atoms with Crippen molar-refractivity contribution in [2.45, 2.75) is 20.3 Å². The summed E-state index contributed by atoms with van der Waals surface area (Å²) < 4.78 is 5.27. The molecule has 1 heterocycles. The Morgan fingerprint density at radius 2 is 2.12 bits per heavy atom. The summed E-state index contributed by atoms with van der Waals surface area (Å²) in [6.45, 7) is 8.62. The molecule has 17 heavy (non-hydrogen) atoms. The summed E-state index contributed by atoms with van der Waals surface area (Å²) in [5.41, 5.74) is 5.92. The molecule has 1 fully saturated rings. The monoisotopic (exact) mass is 259 g/mol. The van der Waals surface area contributed by atoms with Crippen molar-refractivity contribution in [3.8, 4) is 0 Å². The molecule has 0 atom stereocenters. The van der Waals surface area contributed by atoms with Crippen molar-refractivity contribution in [2.24, 2.45) is 16.6 Å². The van der Waals surface area contributed by atoms with Crippen LogP contribution in [0.5, 0.6) is 0 Å². The van der Waals surface area contributed by atoms with Gasteiger partial charge in [-0.15, -0.1) is 0 Å². The van der Waals surface area contributed by atoms with Crippen LogP contribution >= 0.6 is 11.8 Å². The van der Waals surface area contributed by atoms with Crippen LogP contribution in [-0.2, 0) is 4.74 Å². The second kappa shape index (κ2) is 8.64. The number of nitrogens with two attached hydrogens (primary N) is 1. The summed E-state index contributed by atoms with van der Waals surface area (Å²) in [5.74, 6) is 3.88. The van der Waals surface area contributed by atoms with E-state index in [0.29, 0.717) is 5.96 Å². The number of rotatable bonds is 6. The van der Waals surface area contributed by atoms with Crippen LogP contribution in [0, 0.1) is 5.92 Å². The number of aliphatic imine (C=N–C) groups is 1. The van der Waals surface area contributed by atoms with E-state index in [9.17, 15) is 0 Å². The molecule has 1 aliphatic heterocycles. The van der Waals surface area contributed by atoms with E-state index in [1.165, 1.54) is 11.5 Å². The van der Waals surface area contributed by atoms with Crippen molar-refractivity contribution in [1.29, 1.82) is 0 Å². The maximum Gasteiger partial charge on any atom is 0.191 e. The minimum absolute atomic E-state index is 0.683. The lowest BCUT2D eigenvalue weighted by atomic mass is 10.3. The zero-order valence-electron chi connectivity index (χ0n) is 11.0. The van der Waals surface area contributed by atoms with E-state index in [2.05, 4.69) is 23.7 Å². The van der Waals surface area contributed by atoms with Gasteiger partial charge in [0.15, 0.2) is 5.96 Å². The molecule has 100 valence electrons. The number of hydrogen-bond donors (Lipinski definition) is 1. The first-order valence-electron chi connectivity index (χ1n) is 6.40. The third-order valence-electron chi connectivity index (χ3n) is 2.51. The van der Waals surface area contributed by atoms with E-state index in [1.807, 2.05) is 11.8 Å². The van der Waals surface area contributed by atoms with Gasteiger partial charge in [0.05, 0.1) is 13.2 Å². The number of hydrogen-bond acceptors (Lipinski definition) is 3. The molecule has 1 rings (SSSR count). The summed E-state index contributed by atoms with van der Waals surface area (Å²) >= 11 is 2.00. The highest BCUT2D eigenvalue weighted by atomic mass is 32.2. The molecular weight excluding hydrogens is 234 g/mol. The van der Waals surface area contributed by atoms with Gasteiger partial charge in [0, 0.05) is 19.6 Å². The van der Waals surface area contributed by atoms with E-state index in [4.69, 9.17) is 10.5 Å². The Morgan fingerprint density at radius 1 is 1.41 bits per heavy atom. The maximum atomic E-state index is 5.92. The molecule has 0 amide bonds. The van der Waals surface area contributed by atoms with Gasteiger partial charge in [-0.3, -0.25) is 4.99 Å². The summed E-state index contributed by atoms with van der Waals surface area (Å²) in [6, 6.07) is 0. The topological polar surface area (TPSA) is 50.8 Å². The average Bonchev–Trinajstić information content (AvgIpc) is 2.34. The normalized spacial score (nSPS) is 17.8. The molecule has 0 aliphatic carbocycles. The third kappa shape index (κ3) is 6.78. The fourth-order valence-electron chi connectivity index (χ4n) is 1.57. The zero-order valence-corrected chi connectivity index (χ0v) is 11.8. The molecule has 5 heteroatoms. The van der Waals surface area contributed by atoms with E-state index in [0.717, 1.165) is 45.2 Å². The molecule has 0 aromatic carbocycles. The quantitative estimate of drug-likeness (QED) is 0.445. The smallest absolute Gasteiger partial charge is 0.191 e. The molecule has 0 spiro atoms. The predicted molar refractivity (Wildman–Crippen MR) is 75.7 cm³/mol. The summed E-state index contributed by atoms with van der Waals surface area (Å²) in [5, 5.41) is 0. The highest BCUT2D eigenvalue weighted by Gasteiger charge is 2.11. The Hall–Kier alpha value is -0.420. The lowest BCUT2D eigenvalue weighted by Crippen LogP contribution is -2.44. The number of ether oxygens (including phenoxy) is 1. The van der Waals surface area contributed by atoms with Gasteiger partial charge in [-0.2, -0.15) is 11.8 Å². The minimum atomic E-state index is 0.683. The fourth-order valence-corrected chi connectivity index (χ4v) is 2.54. The fraction of sp³-hybridized carbons (Fsp3) is 0.917. The van der Waals surface area contributed by atoms with Gasteiger partial charge >= 0.3 is 0 Å². The Kier molecular flexibility index (Phi) is 7.44. The molecule has 0 bridgehead atoms. The second-order valence-electron chi connectivity index (χ2n) is 4.66. The number of thioether (sulfide) groups is 1. The Labute approximate surface area is 109 Å². The third-order valence-corrected chi connectivity index (χ3v) is 3.99. The highest BCUT2D eigenvalue weighted by Crippen LogP contribution is 2.08. The van der Waals surface area contributed by atoms with Crippen LogP contribution in [0.1, 0.15) is 20.3 Å². The van der Waals surface area contributed by atoms with Crippen LogP contribution in [0.15, 0.2) is 4.99 Å². The van der Waals surface area contributed by atoms with Gasteiger partial charge in [-0.25, -0.2) is 0 Å². The molecule has 1 saturated heterocycles. The van der Waals surface area contributed by atoms with Crippen molar-refractivity contribution in [3.63, 3.8) is 0 Å². The lowest BCUT2D eigenvalue weighted by molar-refractivity contribution is 0.0674. The molecule has 1 aliphatic rings. The number of guanidine groups is 1. The molecule has 4 nitrogen and oxygen atoms in total. The molecule has 0 radical (unpaired) electrons. The number of morpholine rings is 1. The molecular formula is C12H25N3OS. The van der Waals surface area contributed by atoms with Crippen molar-refractivity contribution < 1.29 is 4.74 Å². The summed E-state index contributed by atoms with van der Waals surface area (Å²) in [4.78, 5) is 6.52. The maximum absolute atomic E-state index is 5.92. The highest BCUT2D eigenvalue weighted by molar-refractivity contribution is 7.99. The summed E-state index contributed by atoms with van der Waals surface area (Å²) in [6.07, 6.45) is 1.11. The molecule has 0 saturated carbocycles. The van der Waals surface area contributed by atoms with Crippen LogP contribution in [0.25, 0.3) is 0 Å². The largest absolute Gasteiger partial charge is 0.378 e. The van der Waals surface area contributed by atoms with Crippen LogP contribution in [0.4, 0.5) is 0 Å². The van der Waals surface area contributed by atoms with Crippen LogP contribution in [0.2, 0.25) is 0 Å². The standard InChI is InChI=1S/C12H25N3OS/c1-11(2)10-17-9-3-4-14-12(13)15-5-7-16-8-6-15/h11H,3-10H2,1-2H3,(H2,13,14). The van der Waals surface area contributed by atoms with Gasteiger partial charge in [0.25, 0.3) is 0 Å². The molecule has 0 unspecified atom stereocenters. The van der Waals surface area contributed by atoms with Gasteiger partial charge in [-0.1, -0.05) is 13.8 Å². The van der Waals surface area contributed by atoms with Crippen LogP contribution < -0.4 is 5.73 Å². The molecule has 0 aromatic rings. The summed E-state index contributed by atoms with van der Waals surface area (Å²) in [7, 11) is 0. The first-order valence-corrected chi connectivity index (χ1v) is 7.56. The molecule has 0 aromatic heterocycles. The first kappa shape index (κ1) is 14.6. The van der Waals surface area contributed by atoms with Crippen LogP contribution in [0.3, 0.4) is 0 Å². The van der Waals surface area contributed by atoms with E-state index >= 15 is 0 Å². The Bertz CT molecular complexity index is 228. The minimum Gasteiger partial charge on any atom is -0.378 e. The molecule has 2 N–H and O–H groups in total. The van der Waals surface area contributed by atoms with Crippen molar-refractivity contribution in [2.75, 3.05) is 44.4 Å².